The predicted octanol–water partition coefficient (Wildman–Crippen LogP) is 2.59. The van der Waals surface area contributed by atoms with Crippen LogP contribution in [0, 0.1) is 6.92 Å². The number of urea groups is 1. The first-order valence-corrected chi connectivity index (χ1v) is 9.82. The number of amides is 2. The average molecular weight is 374 g/mol. The molecule has 0 aromatic carbocycles. The molecule has 0 spiro atoms. The molecule has 1 N–H and O–H groups in total. The number of hydrogen-bond acceptors (Lipinski definition) is 5. The van der Waals surface area contributed by atoms with Crippen LogP contribution in [0.4, 0.5) is 10.5 Å². The molecule has 1 atom stereocenters. The second-order valence-corrected chi connectivity index (χ2v) is 7.77. The minimum Gasteiger partial charge on any atom is -0.367 e. The van der Waals surface area contributed by atoms with E-state index in [9.17, 15) is 4.79 Å². The summed E-state index contributed by atoms with van der Waals surface area (Å²) in [5.74, 6) is 0. The zero-order valence-corrected chi connectivity index (χ0v) is 16.5. The van der Waals surface area contributed by atoms with Gasteiger partial charge in [0.2, 0.25) is 0 Å². The summed E-state index contributed by atoms with van der Waals surface area (Å²) in [4.78, 5) is 24.4. The van der Waals surface area contributed by atoms with E-state index < -0.39 is 0 Å². The number of likely N-dealkylation sites (N-methyl/N-ethyl adjacent to an activating group) is 1. The number of nitrogens with one attached hydrogen (secondary N) is 1. The Kier molecular flexibility index (Phi) is 6.11. The molecule has 3 heterocycles. The molecule has 2 aromatic rings. The van der Waals surface area contributed by atoms with Gasteiger partial charge in [0.05, 0.1) is 17.9 Å². The number of pyridine rings is 1. The minimum absolute atomic E-state index is 0.0249. The van der Waals surface area contributed by atoms with Crippen LogP contribution in [0.3, 0.4) is 0 Å². The summed E-state index contributed by atoms with van der Waals surface area (Å²) in [6, 6.07) is 6.37. The fourth-order valence-electron chi connectivity index (χ4n) is 3.24. The summed E-state index contributed by atoms with van der Waals surface area (Å²) >= 11 is 1.75. The number of thiophene rings is 1. The van der Waals surface area contributed by atoms with Gasteiger partial charge in [-0.2, -0.15) is 0 Å². The zero-order valence-electron chi connectivity index (χ0n) is 15.7. The normalized spacial score (nSPS) is 16.0. The van der Waals surface area contributed by atoms with Gasteiger partial charge in [-0.15, -0.1) is 11.3 Å². The van der Waals surface area contributed by atoms with Crippen molar-refractivity contribution in [2.45, 2.75) is 13.0 Å². The van der Waals surface area contributed by atoms with Crippen LogP contribution in [0.15, 0.2) is 36.0 Å². The first kappa shape index (κ1) is 18.7. The van der Waals surface area contributed by atoms with Gasteiger partial charge >= 0.3 is 6.03 Å². The number of anilines is 1. The standard InChI is InChI=1S/C19H27N5OS/c1-15-6-12-26-18(15)17(22(2)3)14-21-19(25)24-10-8-23(9-11-24)16-5-4-7-20-13-16/h4-7,12-13,17H,8-11,14H2,1-3H3,(H,21,25)/t17-/m0/s1. The highest BCUT2D eigenvalue weighted by Gasteiger charge is 2.23. The maximum Gasteiger partial charge on any atom is 0.317 e. The number of aromatic nitrogens is 1. The Hall–Kier alpha value is -2.12. The van der Waals surface area contributed by atoms with E-state index in [0.29, 0.717) is 6.54 Å². The summed E-state index contributed by atoms with van der Waals surface area (Å²) in [6.07, 6.45) is 3.66. The molecule has 0 unspecified atom stereocenters. The zero-order chi connectivity index (χ0) is 18.5. The summed E-state index contributed by atoms with van der Waals surface area (Å²) in [5, 5.41) is 5.24. The SMILES string of the molecule is Cc1ccsc1[C@H](CNC(=O)N1CCN(c2cccnc2)CC1)N(C)C. The molecule has 0 aliphatic carbocycles. The Labute approximate surface area is 159 Å². The topological polar surface area (TPSA) is 51.7 Å². The smallest absolute Gasteiger partial charge is 0.317 e. The molecule has 2 amide bonds. The molecule has 0 radical (unpaired) electrons. The highest BCUT2D eigenvalue weighted by molar-refractivity contribution is 7.10. The molecule has 0 saturated carbocycles. The number of carbonyl (C=O) groups is 1. The van der Waals surface area contributed by atoms with Crippen molar-refractivity contribution >= 4 is 23.1 Å². The summed E-state index contributed by atoms with van der Waals surface area (Å²) in [5.41, 5.74) is 2.40. The molecular formula is C19H27N5OS. The van der Waals surface area contributed by atoms with Crippen LogP contribution in [-0.4, -0.2) is 67.6 Å². The van der Waals surface area contributed by atoms with E-state index in [4.69, 9.17) is 0 Å². The average Bonchev–Trinajstić information content (AvgIpc) is 3.08. The lowest BCUT2D eigenvalue weighted by molar-refractivity contribution is 0.189. The minimum atomic E-state index is 0.0249. The fraction of sp³-hybridized carbons (Fsp3) is 0.474. The van der Waals surface area contributed by atoms with Crippen molar-refractivity contribution < 1.29 is 4.79 Å². The maximum atomic E-state index is 12.6. The second kappa shape index (κ2) is 8.51. The lowest BCUT2D eigenvalue weighted by Gasteiger charge is -2.36. The molecular weight excluding hydrogens is 346 g/mol. The molecule has 1 aliphatic rings. The van der Waals surface area contributed by atoms with Crippen LogP contribution in [0.5, 0.6) is 0 Å². The van der Waals surface area contributed by atoms with E-state index >= 15 is 0 Å². The molecule has 140 valence electrons. The van der Waals surface area contributed by atoms with Crippen LogP contribution in [-0.2, 0) is 0 Å². The van der Waals surface area contributed by atoms with Crippen LogP contribution in [0.2, 0.25) is 0 Å². The third kappa shape index (κ3) is 4.34. The largest absolute Gasteiger partial charge is 0.367 e. The van der Waals surface area contributed by atoms with E-state index in [1.807, 2.05) is 17.2 Å². The highest BCUT2D eigenvalue weighted by atomic mass is 32.1. The van der Waals surface area contributed by atoms with E-state index in [1.54, 1.807) is 17.5 Å². The van der Waals surface area contributed by atoms with Crippen molar-refractivity contribution in [3.05, 3.63) is 46.4 Å². The van der Waals surface area contributed by atoms with Crippen LogP contribution in [0.25, 0.3) is 0 Å². The Balaban J connectivity index is 1.52. The van der Waals surface area contributed by atoms with Gasteiger partial charge in [0.15, 0.2) is 0 Å². The van der Waals surface area contributed by atoms with Crippen molar-refractivity contribution in [2.75, 3.05) is 51.7 Å². The number of hydrogen-bond donors (Lipinski definition) is 1. The Bertz CT molecular complexity index is 710. The van der Waals surface area contributed by atoms with Crippen LogP contribution < -0.4 is 10.2 Å². The van der Waals surface area contributed by atoms with Gasteiger partial charge in [-0.05, 0) is 50.2 Å². The van der Waals surface area contributed by atoms with Gasteiger partial charge in [0.25, 0.3) is 0 Å². The lowest BCUT2D eigenvalue weighted by Crippen LogP contribution is -2.52. The predicted molar refractivity (Wildman–Crippen MR) is 107 cm³/mol. The number of carbonyl (C=O) groups excluding carboxylic acids is 1. The first-order valence-electron chi connectivity index (χ1n) is 8.94. The summed E-state index contributed by atoms with van der Waals surface area (Å²) in [6.45, 7) is 5.87. The van der Waals surface area contributed by atoms with Crippen LogP contribution in [0.1, 0.15) is 16.5 Å². The van der Waals surface area contributed by atoms with Gasteiger partial charge < -0.3 is 20.0 Å². The van der Waals surface area contributed by atoms with E-state index in [1.165, 1.54) is 10.4 Å². The molecule has 1 fully saturated rings. The molecule has 6 nitrogen and oxygen atoms in total. The van der Waals surface area contributed by atoms with Gasteiger partial charge in [0, 0.05) is 43.8 Å². The monoisotopic (exact) mass is 373 g/mol. The Morgan fingerprint density at radius 2 is 2.08 bits per heavy atom. The first-order chi connectivity index (χ1) is 12.6. The lowest BCUT2D eigenvalue weighted by atomic mass is 10.1. The van der Waals surface area contributed by atoms with Gasteiger partial charge in [-0.1, -0.05) is 0 Å². The molecule has 1 saturated heterocycles. The van der Waals surface area contributed by atoms with Gasteiger partial charge in [-0.3, -0.25) is 4.98 Å². The quantitative estimate of drug-likeness (QED) is 0.875. The van der Waals surface area contributed by atoms with Crippen molar-refractivity contribution in [3.63, 3.8) is 0 Å². The maximum absolute atomic E-state index is 12.6. The van der Waals surface area contributed by atoms with E-state index in [-0.39, 0.29) is 12.1 Å². The van der Waals surface area contributed by atoms with Crippen molar-refractivity contribution in [1.29, 1.82) is 0 Å². The molecule has 0 bridgehead atoms. The van der Waals surface area contributed by atoms with Gasteiger partial charge in [-0.25, -0.2) is 4.79 Å². The summed E-state index contributed by atoms with van der Waals surface area (Å²) in [7, 11) is 4.12. The number of piperazine rings is 1. The van der Waals surface area contributed by atoms with Crippen molar-refractivity contribution in [1.82, 2.24) is 20.1 Å². The third-order valence-electron chi connectivity index (χ3n) is 4.85. The highest BCUT2D eigenvalue weighted by Crippen LogP contribution is 2.26. The van der Waals surface area contributed by atoms with E-state index in [2.05, 4.69) is 58.6 Å². The Morgan fingerprint density at radius 1 is 1.31 bits per heavy atom. The van der Waals surface area contributed by atoms with E-state index in [0.717, 1.165) is 31.9 Å². The van der Waals surface area contributed by atoms with Gasteiger partial charge in [0.1, 0.15) is 0 Å². The molecule has 2 aromatic heterocycles. The van der Waals surface area contributed by atoms with Crippen molar-refractivity contribution in [2.24, 2.45) is 0 Å². The molecule has 7 heteroatoms. The molecule has 3 rings (SSSR count). The number of aryl methyl sites for hydroxylation is 1. The molecule has 26 heavy (non-hydrogen) atoms. The fourth-order valence-corrected chi connectivity index (χ4v) is 4.36. The second-order valence-electron chi connectivity index (χ2n) is 6.82. The van der Waals surface area contributed by atoms with Crippen molar-refractivity contribution in [3.8, 4) is 0 Å². The van der Waals surface area contributed by atoms with Crippen LogP contribution >= 0.6 is 11.3 Å². The Morgan fingerprint density at radius 3 is 2.65 bits per heavy atom. The number of rotatable bonds is 5. The number of nitrogens with zero attached hydrogens (tertiary/aromatic N) is 4. The molecule has 1 aliphatic heterocycles. The third-order valence-corrected chi connectivity index (χ3v) is 5.97. The summed E-state index contributed by atoms with van der Waals surface area (Å²) < 4.78 is 0.